The molecule has 20 heavy (non-hydrogen) atoms. The number of aryl methyl sites for hydroxylation is 1. The topological polar surface area (TPSA) is 49.7 Å². The Labute approximate surface area is 124 Å². The molecule has 0 aromatic heterocycles. The summed E-state index contributed by atoms with van der Waals surface area (Å²) in [5.74, 6) is 0. The van der Waals surface area contributed by atoms with Gasteiger partial charge < -0.3 is 14.3 Å². The fourth-order valence-corrected chi connectivity index (χ4v) is 2.58. The van der Waals surface area contributed by atoms with Crippen molar-refractivity contribution >= 4 is 8.60 Å². The SMILES string of the molecule is OP(O)OCCCCCCCCCCc1ccccc1. The van der Waals surface area contributed by atoms with Crippen molar-refractivity contribution in [3.05, 3.63) is 35.9 Å². The first-order valence-electron chi connectivity index (χ1n) is 7.64. The van der Waals surface area contributed by atoms with Gasteiger partial charge in [0.15, 0.2) is 0 Å². The van der Waals surface area contributed by atoms with Gasteiger partial charge in [-0.05, 0) is 24.8 Å². The van der Waals surface area contributed by atoms with Gasteiger partial charge in [0.1, 0.15) is 0 Å². The summed E-state index contributed by atoms with van der Waals surface area (Å²) in [6.07, 6.45) is 11.0. The fourth-order valence-electron chi connectivity index (χ4n) is 2.28. The molecule has 114 valence electrons. The maximum Gasteiger partial charge on any atom is 0.327 e. The summed E-state index contributed by atoms with van der Waals surface area (Å²) >= 11 is 0. The summed E-state index contributed by atoms with van der Waals surface area (Å²) < 4.78 is 4.72. The zero-order valence-electron chi connectivity index (χ0n) is 12.2. The molecule has 3 nitrogen and oxygen atoms in total. The van der Waals surface area contributed by atoms with E-state index >= 15 is 0 Å². The third-order valence-corrected chi connectivity index (χ3v) is 3.82. The van der Waals surface area contributed by atoms with Gasteiger partial charge in [-0.3, -0.25) is 0 Å². The highest BCUT2D eigenvalue weighted by atomic mass is 31.2. The van der Waals surface area contributed by atoms with Crippen molar-refractivity contribution in [1.82, 2.24) is 0 Å². The van der Waals surface area contributed by atoms with Crippen LogP contribution in [-0.4, -0.2) is 16.4 Å². The molecule has 0 saturated heterocycles. The molecular weight excluding hydrogens is 271 g/mol. The minimum atomic E-state index is -2.15. The van der Waals surface area contributed by atoms with Crippen LogP contribution >= 0.6 is 8.60 Å². The highest BCUT2D eigenvalue weighted by Crippen LogP contribution is 2.24. The Morgan fingerprint density at radius 1 is 0.750 bits per heavy atom. The van der Waals surface area contributed by atoms with E-state index in [4.69, 9.17) is 14.3 Å². The Morgan fingerprint density at radius 3 is 1.90 bits per heavy atom. The standard InChI is InChI=1S/C16H27O3P/c17-20(18)19-15-11-6-4-2-1-3-5-8-12-16-13-9-7-10-14-16/h7,9-10,13-14,17-18H,1-6,8,11-12,15H2. The molecule has 0 amide bonds. The molecule has 0 saturated carbocycles. The number of hydrogen-bond acceptors (Lipinski definition) is 3. The fraction of sp³-hybridized carbons (Fsp3) is 0.625. The third kappa shape index (κ3) is 10.3. The van der Waals surface area contributed by atoms with Crippen molar-refractivity contribution < 1.29 is 14.3 Å². The van der Waals surface area contributed by atoms with Crippen LogP contribution in [0, 0.1) is 0 Å². The number of hydrogen-bond donors (Lipinski definition) is 2. The summed E-state index contributed by atoms with van der Waals surface area (Å²) in [4.78, 5) is 17.1. The summed E-state index contributed by atoms with van der Waals surface area (Å²) in [5.41, 5.74) is 1.44. The van der Waals surface area contributed by atoms with Gasteiger partial charge in [0.05, 0.1) is 6.61 Å². The molecule has 0 aliphatic carbocycles. The van der Waals surface area contributed by atoms with E-state index in [1.165, 1.54) is 50.5 Å². The Hall–Kier alpha value is -0.470. The molecule has 4 heteroatoms. The lowest BCUT2D eigenvalue weighted by atomic mass is 10.0. The first-order chi connectivity index (χ1) is 9.79. The molecule has 0 bridgehead atoms. The molecule has 0 atom stereocenters. The summed E-state index contributed by atoms with van der Waals surface area (Å²) in [6, 6.07) is 10.7. The van der Waals surface area contributed by atoms with Crippen LogP contribution in [0.1, 0.15) is 56.9 Å². The van der Waals surface area contributed by atoms with Crippen LogP contribution < -0.4 is 0 Å². The normalized spacial score (nSPS) is 11.2. The smallest absolute Gasteiger partial charge is 0.327 e. The number of rotatable bonds is 12. The third-order valence-electron chi connectivity index (χ3n) is 3.41. The van der Waals surface area contributed by atoms with Crippen LogP contribution in [0.3, 0.4) is 0 Å². The van der Waals surface area contributed by atoms with E-state index < -0.39 is 8.60 Å². The number of benzene rings is 1. The van der Waals surface area contributed by atoms with Crippen molar-refractivity contribution in [1.29, 1.82) is 0 Å². The largest absolute Gasteiger partial charge is 0.328 e. The van der Waals surface area contributed by atoms with E-state index in [2.05, 4.69) is 30.3 Å². The molecule has 0 fully saturated rings. The second-order valence-corrected chi connectivity index (χ2v) is 5.91. The zero-order valence-corrected chi connectivity index (χ0v) is 13.1. The molecule has 0 aliphatic heterocycles. The van der Waals surface area contributed by atoms with Crippen LogP contribution in [0.4, 0.5) is 0 Å². The molecule has 0 spiro atoms. The van der Waals surface area contributed by atoms with E-state index in [-0.39, 0.29) is 0 Å². The van der Waals surface area contributed by atoms with Crippen molar-refractivity contribution in [2.75, 3.05) is 6.61 Å². The van der Waals surface area contributed by atoms with Crippen molar-refractivity contribution in [2.45, 2.75) is 57.8 Å². The van der Waals surface area contributed by atoms with Crippen molar-refractivity contribution in [3.63, 3.8) is 0 Å². The van der Waals surface area contributed by atoms with Gasteiger partial charge in [0, 0.05) is 0 Å². The Morgan fingerprint density at radius 2 is 1.30 bits per heavy atom. The molecule has 0 aliphatic rings. The monoisotopic (exact) mass is 298 g/mol. The van der Waals surface area contributed by atoms with Crippen LogP contribution in [0.5, 0.6) is 0 Å². The van der Waals surface area contributed by atoms with E-state index in [0.29, 0.717) is 6.61 Å². The predicted molar refractivity (Wildman–Crippen MR) is 84.4 cm³/mol. The van der Waals surface area contributed by atoms with E-state index in [9.17, 15) is 0 Å². The molecular formula is C16H27O3P. The average Bonchev–Trinajstić information content (AvgIpc) is 2.45. The van der Waals surface area contributed by atoms with Crippen LogP contribution in [0.25, 0.3) is 0 Å². The lowest BCUT2D eigenvalue weighted by Crippen LogP contribution is -1.89. The number of unbranched alkanes of at least 4 members (excludes halogenated alkanes) is 7. The lowest BCUT2D eigenvalue weighted by Gasteiger charge is -2.04. The lowest BCUT2D eigenvalue weighted by molar-refractivity contribution is 0.248. The molecule has 1 rings (SSSR count). The summed E-state index contributed by atoms with van der Waals surface area (Å²) in [6.45, 7) is 0.468. The quantitative estimate of drug-likeness (QED) is 0.439. The first kappa shape index (κ1) is 17.6. The maximum absolute atomic E-state index is 8.56. The molecule has 1 aromatic rings. The molecule has 0 unspecified atom stereocenters. The molecule has 1 aromatic carbocycles. The van der Waals surface area contributed by atoms with Gasteiger partial charge in [0.25, 0.3) is 0 Å². The maximum atomic E-state index is 8.56. The van der Waals surface area contributed by atoms with Crippen LogP contribution in [0.15, 0.2) is 30.3 Å². The second kappa shape index (κ2) is 12.3. The summed E-state index contributed by atoms with van der Waals surface area (Å²) in [5, 5.41) is 0. The van der Waals surface area contributed by atoms with Crippen LogP contribution in [-0.2, 0) is 10.9 Å². The van der Waals surface area contributed by atoms with Gasteiger partial charge in [-0.25, -0.2) is 0 Å². The first-order valence-corrected chi connectivity index (χ1v) is 8.80. The average molecular weight is 298 g/mol. The van der Waals surface area contributed by atoms with Crippen molar-refractivity contribution in [3.8, 4) is 0 Å². The highest BCUT2D eigenvalue weighted by molar-refractivity contribution is 7.39. The molecule has 0 heterocycles. The Bertz CT molecular complexity index is 317. The van der Waals surface area contributed by atoms with E-state index in [0.717, 1.165) is 12.8 Å². The highest BCUT2D eigenvalue weighted by Gasteiger charge is 1.98. The molecule has 2 N–H and O–H groups in total. The van der Waals surface area contributed by atoms with E-state index in [1.54, 1.807) is 0 Å². The van der Waals surface area contributed by atoms with Gasteiger partial charge in [-0.1, -0.05) is 68.9 Å². The van der Waals surface area contributed by atoms with Crippen molar-refractivity contribution in [2.24, 2.45) is 0 Å². The minimum Gasteiger partial charge on any atom is -0.328 e. The molecule has 0 radical (unpaired) electrons. The van der Waals surface area contributed by atoms with Gasteiger partial charge >= 0.3 is 8.60 Å². The predicted octanol–water partition coefficient (Wildman–Crippen LogP) is 4.58. The Balaban J connectivity index is 1.79. The van der Waals surface area contributed by atoms with Crippen LogP contribution in [0.2, 0.25) is 0 Å². The van der Waals surface area contributed by atoms with Gasteiger partial charge in [-0.2, -0.15) is 0 Å². The van der Waals surface area contributed by atoms with Gasteiger partial charge in [-0.15, -0.1) is 0 Å². The zero-order chi connectivity index (χ0) is 14.5. The second-order valence-electron chi connectivity index (χ2n) is 5.15. The minimum absolute atomic E-state index is 0.468. The van der Waals surface area contributed by atoms with E-state index in [1.807, 2.05) is 0 Å². The Kier molecular flexibility index (Phi) is 10.8. The van der Waals surface area contributed by atoms with Gasteiger partial charge in [0.2, 0.25) is 0 Å². The summed E-state index contributed by atoms with van der Waals surface area (Å²) in [7, 11) is -2.15.